The second-order valence-electron chi connectivity index (χ2n) is 3.25. The molecule has 0 bridgehead atoms. The number of aliphatic imine (C=N–C) groups is 1. The molecule has 7 heteroatoms. The van der Waals surface area contributed by atoms with Crippen molar-refractivity contribution in [2.24, 2.45) is 10.1 Å². The van der Waals surface area contributed by atoms with Crippen LogP contribution in [0.1, 0.15) is 5.56 Å². The molecule has 1 aliphatic heterocycles. The molecule has 0 unspecified atom stereocenters. The largest absolute Gasteiger partial charge is 0.343 e. The van der Waals surface area contributed by atoms with Crippen LogP contribution in [-0.4, -0.2) is 23.7 Å². The van der Waals surface area contributed by atoms with Gasteiger partial charge >= 0.3 is 6.03 Å². The number of amides is 2. The molecule has 2 amide bonds. The highest BCUT2D eigenvalue weighted by Crippen LogP contribution is 2.23. The number of hydrazone groups is 1. The number of urea groups is 1. The van der Waals surface area contributed by atoms with Crippen LogP contribution in [0.4, 0.5) is 4.79 Å². The third kappa shape index (κ3) is 3.13. The van der Waals surface area contributed by atoms with Gasteiger partial charge in [0.15, 0.2) is 0 Å². The maximum atomic E-state index is 11.6. The Balaban J connectivity index is 2.17. The monoisotopic (exact) mass is 358 g/mol. The third-order valence-electron chi connectivity index (χ3n) is 2.09. The molecule has 0 atom stereocenters. The summed E-state index contributed by atoms with van der Waals surface area (Å²) in [7, 11) is 0. The Bertz CT molecular complexity index is 501. The molecule has 2 rings (SSSR count). The summed E-state index contributed by atoms with van der Waals surface area (Å²) in [4.78, 5) is 15.3. The van der Waals surface area contributed by atoms with Crippen molar-refractivity contribution in [3.63, 3.8) is 0 Å². The van der Waals surface area contributed by atoms with Crippen LogP contribution in [0, 0.1) is 0 Å². The van der Waals surface area contributed by atoms with Gasteiger partial charge in [0.1, 0.15) is 6.34 Å². The van der Waals surface area contributed by atoms with E-state index in [9.17, 15) is 4.79 Å². The normalized spacial score (nSPS) is 14.7. The Morgan fingerprint density at radius 1 is 1.35 bits per heavy atom. The van der Waals surface area contributed by atoms with Crippen LogP contribution in [0.3, 0.4) is 0 Å². The summed E-state index contributed by atoms with van der Waals surface area (Å²) >= 11 is 6.82. The first-order chi connectivity index (χ1) is 8.16. The summed E-state index contributed by atoms with van der Waals surface area (Å²) in [5, 5.41) is 7.73. The van der Waals surface area contributed by atoms with Gasteiger partial charge in [0.05, 0.1) is 12.9 Å². The lowest BCUT2D eigenvalue weighted by Crippen LogP contribution is -2.34. The van der Waals surface area contributed by atoms with Crippen LogP contribution < -0.4 is 5.32 Å². The number of nitrogens with one attached hydrogen (secondary N) is 1. The van der Waals surface area contributed by atoms with E-state index in [1.165, 1.54) is 17.7 Å². The van der Waals surface area contributed by atoms with Gasteiger partial charge in [0, 0.05) is 8.95 Å². The topological polar surface area (TPSA) is 57.1 Å². The Hall–Kier alpha value is -1.21. The van der Waals surface area contributed by atoms with Crippen LogP contribution in [0.2, 0.25) is 0 Å². The lowest BCUT2D eigenvalue weighted by Gasteiger charge is -2.15. The highest BCUT2D eigenvalue weighted by molar-refractivity contribution is 9.11. The van der Waals surface area contributed by atoms with Gasteiger partial charge in [-0.3, -0.25) is 5.32 Å². The maximum absolute atomic E-state index is 11.6. The summed E-state index contributed by atoms with van der Waals surface area (Å²) < 4.78 is 1.89. The predicted molar refractivity (Wildman–Crippen MR) is 72.9 cm³/mol. The van der Waals surface area contributed by atoms with Gasteiger partial charge < -0.3 is 0 Å². The summed E-state index contributed by atoms with van der Waals surface area (Å²) in [6, 6.07) is 5.45. The first kappa shape index (κ1) is 12.3. The Labute approximate surface area is 115 Å². The molecule has 17 heavy (non-hydrogen) atoms. The molecule has 0 aliphatic carbocycles. The first-order valence-corrected chi connectivity index (χ1v) is 6.31. The lowest BCUT2D eigenvalue weighted by atomic mass is 10.2. The molecule has 1 aliphatic rings. The van der Waals surface area contributed by atoms with E-state index in [0.717, 1.165) is 14.5 Å². The van der Waals surface area contributed by atoms with Crippen molar-refractivity contribution in [3.05, 3.63) is 32.7 Å². The molecule has 1 N–H and O–H groups in total. The standard InChI is InChI=1S/C10H8Br2N4O/c11-8-2-1-7(9(12)3-8)4-16-10(17)14-5-13-6-15-16/h1-3,5-6H,4H2,(H,13,14,15,17). The van der Waals surface area contributed by atoms with Gasteiger partial charge in [-0.15, -0.1) is 0 Å². The fourth-order valence-electron chi connectivity index (χ4n) is 1.27. The molecule has 0 spiro atoms. The summed E-state index contributed by atoms with van der Waals surface area (Å²) in [5.41, 5.74) is 0.961. The highest BCUT2D eigenvalue weighted by Gasteiger charge is 2.14. The smallest absolute Gasteiger partial charge is 0.297 e. The van der Waals surface area contributed by atoms with Crippen molar-refractivity contribution >= 4 is 50.6 Å². The number of carbonyl (C=O) groups excluding carboxylic acids is 1. The summed E-state index contributed by atoms with van der Waals surface area (Å²) in [6.45, 7) is 0.375. The van der Waals surface area contributed by atoms with Gasteiger partial charge in [0.2, 0.25) is 0 Å². The number of halogens is 2. The molecule has 0 saturated carbocycles. The quantitative estimate of drug-likeness (QED) is 0.867. The number of hydrogen-bond acceptors (Lipinski definition) is 3. The summed E-state index contributed by atoms with van der Waals surface area (Å²) in [5.74, 6) is 0. The van der Waals surface area contributed by atoms with Gasteiger partial charge in [-0.2, -0.15) is 5.10 Å². The SMILES string of the molecule is O=C1NC=NC=NN1Cc1ccc(Br)cc1Br. The van der Waals surface area contributed by atoms with Crippen LogP contribution >= 0.6 is 31.9 Å². The van der Waals surface area contributed by atoms with E-state index < -0.39 is 0 Å². The minimum absolute atomic E-state index is 0.308. The van der Waals surface area contributed by atoms with E-state index in [2.05, 4.69) is 47.3 Å². The van der Waals surface area contributed by atoms with Crippen LogP contribution in [0.5, 0.6) is 0 Å². The Morgan fingerprint density at radius 3 is 2.94 bits per heavy atom. The number of benzene rings is 1. The first-order valence-electron chi connectivity index (χ1n) is 4.73. The fraction of sp³-hybridized carbons (Fsp3) is 0.100. The molecular weight excluding hydrogens is 352 g/mol. The molecule has 0 radical (unpaired) electrons. The number of hydrogen-bond donors (Lipinski definition) is 1. The molecule has 0 saturated heterocycles. The average molecular weight is 360 g/mol. The van der Waals surface area contributed by atoms with E-state index in [1.807, 2.05) is 18.2 Å². The van der Waals surface area contributed by atoms with Crippen molar-refractivity contribution < 1.29 is 4.79 Å². The second-order valence-corrected chi connectivity index (χ2v) is 5.02. The molecular formula is C10H8Br2N4O. The number of carbonyl (C=O) groups is 1. The summed E-state index contributed by atoms with van der Waals surface area (Å²) in [6.07, 6.45) is 2.63. The van der Waals surface area contributed by atoms with Gasteiger partial charge in [-0.05, 0) is 17.7 Å². The molecule has 88 valence electrons. The van der Waals surface area contributed by atoms with Gasteiger partial charge in [-0.1, -0.05) is 37.9 Å². The van der Waals surface area contributed by atoms with Crippen molar-refractivity contribution in [2.45, 2.75) is 6.54 Å². The van der Waals surface area contributed by atoms with E-state index in [4.69, 9.17) is 0 Å². The minimum atomic E-state index is -0.308. The van der Waals surface area contributed by atoms with E-state index in [0.29, 0.717) is 6.54 Å². The zero-order valence-electron chi connectivity index (χ0n) is 8.60. The Kier molecular flexibility index (Phi) is 3.90. The Morgan fingerprint density at radius 2 is 2.18 bits per heavy atom. The average Bonchev–Trinajstić information content (AvgIpc) is 2.48. The van der Waals surface area contributed by atoms with Crippen molar-refractivity contribution in [2.75, 3.05) is 0 Å². The predicted octanol–water partition coefficient (Wildman–Crippen LogP) is 2.71. The van der Waals surface area contributed by atoms with Crippen LogP contribution in [0.15, 0.2) is 37.2 Å². The molecule has 0 aromatic heterocycles. The van der Waals surface area contributed by atoms with E-state index >= 15 is 0 Å². The van der Waals surface area contributed by atoms with Crippen LogP contribution in [0.25, 0.3) is 0 Å². The molecule has 0 fully saturated rings. The molecule has 1 heterocycles. The zero-order chi connectivity index (χ0) is 12.3. The fourth-order valence-corrected chi connectivity index (χ4v) is 2.44. The second kappa shape index (κ2) is 5.42. The van der Waals surface area contributed by atoms with Gasteiger partial charge in [-0.25, -0.2) is 14.8 Å². The van der Waals surface area contributed by atoms with Crippen molar-refractivity contribution in [1.29, 1.82) is 0 Å². The van der Waals surface area contributed by atoms with E-state index in [1.54, 1.807) is 0 Å². The molecule has 5 nitrogen and oxygen atoms in total. The van der Waals surface area contributed by atoms with E-state index in [-0.39, 0.29) is 6.03 Å². The lowest BCUT2D eigenvalue weighted by molar-refractivity contribution is 0.204. The zero-order valence-corrected chi connectivity index (χ0v) is 11.8. The van der Waals surface area contributed by atoms with Crippen molar-refractivity contribution in [1.82, 2.24) is 10.3 Å². The third-order valence-corrected chi connectivity index (χ3v) is 3.32. The number of rotatable bonds is 2. The molecule has 1 aromatic carbocycles. The minimum Gasteiger partial charge on any atom is -0.297 e. The maximum Gasteiger partial charge on any atom is 0.343 e. The highest BCUT2D eigenvalue weighted by atomic mass is 79.9. The van der Waals surface area contributed by atoms with Gasteiger partial charge in [0.25, 0.3) is 0 Å². The van der Waals surface area contributed by atoms with Crippen molar-refractivity contribution in [3.8, 4) is 0 Å². The van der Waals surface area contributed by atoms with Crippen LogP contribution in [-0.2, 0) is 6.54 Å². The molecule has 1 aromatic rings. The number of nitrogens with zero attached hydrogens (tertiary/aromatic N) is 3.